The van der Waals surface area contributed by atoms with E-state index in [0.717, 1.165) is 17.4 Å². The molecule has 2 aromatic rings. The number of likely N-dealkylation sites (N-methyl/N-ethyl adjacent to an activating group) is 1. The molecule has 108 valence electrons. The molecule has 2 atom stereocenters. The Morgan fingerprint density at radius 3 is 2.40 bits per heavy atom. The van der Waals surface area contributed by atoms with E-state index in [4.69, 9.17) is 17.3 Å². The van der Waals surface area contributed by atoms with Crippen molar-refractivity contribution in [2.24, 2.45) is 5.73 Å². The van der Waals surface area contributed by atoms with E-state index in [1.165, 1.54) is 10.4 Å². The van der Waals surface area contributed by atoms with Crippen LogP contribution >= 0.6 is 22.9 Å². The molecule has 1 aromatic carbocycles. The molecule has 0 spiro atoms. The lowest BCUT2D eigenvalue weighted by Gasteiger charge is -2.32. The van der Waals surface area contributed by atoms with Gasteiger partial charge in [-0.05, 0) is 31.2 Å². The Kier molecular flexibility index (Phi) is 5.61. The highest BCUT2D eigenvalue weighted by molar-refractivity contribution is 7.16. The number of rotatable bonds is 6. The smallest absolute Gasteiger partial charge is 0.0931 e. The predicted octanol–water partition coefficient (Wildman–Crippen LogP) is 4.31. The molecule has 2 rings (SSSR count). The summed E-state index contributed by atoms with van der Waals surface area (Å²) in [6, 6.07) is 14.8. The van der Waals surface area contributed by atoms with Crippen molar-refractivity contribution in [3.8, 4) is 0 Å². The maximum atomic E-state index is 6.23. The number of halogens is 1. The largest absolute Gasteiger partial charge is 0.326 e. The number of thiophene rings is 1. The van der Waals surface area contributed by atoms with E-state index < -0.39 is 0 Å². The first-order valence-electron chi connectivity index (χ1n) is 6.90. The Bertz CT molecular complexity index is 524. The van der Waals surface area contributed by atoms with Crippen LogP contribution in [0.25, 0.3) is 0 Å². The van der Waals surface area contributed by atoms with Crippen LogP contribution in [0.5, 0.6) is 0 Å². The molecule has 0 fully saturated rings. The Morgan fingerprint density at radius 1 is 1.20 bits per heavy atom. The number of benzene rings is 1. The Balaban J connectivity index is 2.22. The van der Waals surface area contributed by atoms with E-state index in [1.807, 2.05) is 12.1 Å². The molecular weight excluding hydrogens is 288 g/mol. The number of nitrogens with zero attached hydrogens (tertiary/aromatic N) is 1. The minimum absolute atomic E-state index is 0.0633. The summed E-state index contributed by atoms with van der Waals surface area (Å²) in [5.41, 5.74) is 7.54. The molecule has 0 radical (unpaired) electrons. The monoisotopic (exact) mass is 308 g/mol. The number of hydrogen-bond acceptors (Lipinski definition) is 3. The number of nitrogens with two attached hydrogens (primary N) is 1. The van der Waals surface area contributed by atoms with Gasteiger partial charge in [0.15, 0.2) is 0 Å². The van der Waals surface area contributed by atoms with E-state index in [2.05, 4.69) is 49.1 Å². The van der Waals surface area contributed by atoms with Crippen LogP contribution in [0.3, 0.4) is 0 Å². The van der Waals surface area contributed by atoms with Crippen LogP contribution in [0.15, 0.2) is 42.5 Å². The van der Waals surface area contributed by atoms with Crippen molar-refractivity contribution in [3.63, 3.8) is 0 Å². The molecule has 0 aliphatic heterocycles. The SMILES string of the molecule is CCN(Cc1ccccc1)C(c1ccc(Cl)s1)C(C)N. The zero-order chi connectivity index (χ0) is 14.5. The predicted molar refractivity (Wildman–Crippen MR) is 88.2 cm³/mol. The average molecular weight is 309 g/mol. The zero-order valence-corrected chi connectivity index (χ0v) is 13.5. The van der Waals surface area contributed by atoms with Crippen LogP contribution in [-0.4, -0.2) is 17.5 Å². The summed E-state index contributed by atoms with van der Waals surface area (Å²) in [6.07, 6.45) is 0. The maximum Gasteiger partial charge on any atom is 0.0931 e. The normalized spacial score (nSPS) is 14.4. The van der Waals surface area contributed by atoms with E-state index >= 15 is 0 Å². The van der Waals surface area contributed by atoms with Gasteiger partial charge in [-0.15, -0.1) is 11.3 Å². The van der Waals surface area contributed by atoms with Gasteiger partial charge >= 0.3 is 0 Å². The molecule has 1 heterocycles. The Hall–Kier alpha value is -0.870. The topological polar surface area (TPSA) is 29.3 Å². The molecule has 2 unspecified atom stereocenters. The lowest BCUT2D eigenvalue weighted by molar-refractivity contribution is 0.180. The van der Waals surface area contributed by atoms with Gasteiger partial charge in [-0.25, -0.2) is 0 Å². The van der Waals surface area contributed by atoms with Crippen LogP contribution in [0.2, 0.25) is 4.34 Å². The molecular formula is C16H21ClN2S. The number of hydrogen-bond donors (Lipinski definition) is 1. The van der Waals surface area contributed by atoms with Gasteiger partial charge < -0.3 is 5.73 Å². The summed E-state index contributed by atoms with van der Waals surface area (Å²) in [7, 11) is 0. The van der Waals surface area contributed by atoms with E-state index in [0.29, 0.717) is 0 Å². The zero-order valence-electron chi connectivity index (χ0n) is 11.9. The lowest BCUT2D eigenvalue weighted by atomic mass is 10.1. The second kappa shape index (κ2) is 7.23. The third-order valence-corrected chi connectivity index (χ3v) is 4.71. The first kappa shape index (κ1) is 15.5. The second-order valence-electron chi connectivity index (χ2n) is 4.99. The van der Waals surface area contributed by atoms with E-state index in [1.54, 1.807) is 11.3 Å². The molecule has 2 nitrogen and oxygen atoms in total. The van der Waals surface area contributed by atoms with Gasteiger partial charge in [0, 0.05) is 17.5 Å². The third kappa shape index (κ3) is 3.83. The molecule has 0 amide bonds. The van der Waals surface area contributed by atoms with Gasteiger partial charge in [0.25, 0.3) is 0 Å². The van der Waals surface area contributed by atoms with Gasteiger partial charge in [0.1, 0.15) is 0 Å². The first-order valence-corrected chi connectivity index (χ1v) is 8.10. The van der Waals surface area contributed by atoms with Crippen molar-refractivity contribution >= 4 is 22.9 Å². The molecule has 0 bridgehead atoms. The fourth-order valence-electron chi connectivity index (χ4n) is 2.48. The van der Waals surface area contributed by atoms with Gasteiger partial charge in [-0.3, -0.25) is 4.90 Å². The molecule has 2 N–H and O–H groups in total. The van der Waals surface area contributed by atoms with Crippen LogP contribution in [0, 0.1) is 0 Å². The molecule has 0 saturated heterocycles. The summed E-state index contributed by atoms with van der Waals surface area (Å²) < 4.78 is 0.821. The molecule has 0 saturated carbocycles. The average Bonchev–Trinajstić information content (AvgIpc) is 2.85. The van der Waals surface area contributed by atoms with Crippen molar-refractivity contribution in [3.05, 3.63) is 57.2 Å². The van der Waals surface area contributed by atoms with Crippen molar-refractivity contribution in [2.45, 2.75) is 32.5 Å². The molecule has 20 heavy (non-hydrogen) atoms. The Labute approximate surface area is 130 Å². The van der Waals surface area contributed by atoms with Gasteiger partial charge in [0.05, 0.1) is 10.4 Å². The Morgan fingerprint density at radius 2 is 1.90 bits per heavy atom. The highest BCUT2D eigenvalue weighted by Gasteiger charge is 2.24. The van der Waals surface area contributed by atoms with Crippen molar-refractivity contribution in [1.29, 1.82) is 0 Å². The third-order valence-electron chi connectivity index (χ3n) is 3.41. The minimum Gasteiger partial charge on any atom is -0.326 e. The van der Waals surface area contributed by atoms with Crippen molar-refractivity contribution < 1.29 is 0 Å². The standard InChI is InChI=1S/C16H21ClN2S/c1-3-19(11-13-7-5-4-6-8-13)16(12(2)18)14-9-10-15(17)20-14/h4-10,12,16H,3,11,18H2,1-2H3. The van der Waals surface area contributed by atoms with Gasteiger partial charge in [-0.1, -0.05) is 48.9 Å². The molecule has 4 heteroatoms. The first-order chi connectivity index (χ1) is 9.61. The van der Waals surface area contributed by atoms with E-state index in [9.17, 15) is 0 Å². The molecule has 0 aliphatic rings. The minimum atomic E-state index is 0.0633. The molecule has 0 aliphatic carbocycles. The maximum absolute atomic E-state index is 6.23. The van der Waals surface area contributed by atoms with Crippen LogP contribution in [-0.2, 0) is 6.54 Å². The summed E-state index contributed by atoms with van der Waals surface area (Å²) in [5, 5.41) is 0. The van der Waals surface area contributed by atoms with Crippen molar-refractivity contribution in [1.82, 2.24) is 4.90 Å². The van der Waals surface area contributed by atoms with Gasteiger partial charge in [0.2, 0.25) is 0 Å². The molecule has 1 aromatic heterocycles. The quantitative estimate of drug-likeness (QED) is 0.861. The highest BCUT2D eigenvalue weighted by atomic mass is 35.5. The summed E-state index contributed by atoms with van der Waals surface area (Å²) >= 11 is 7.70. The fraction of sp³-hybridized carbons (Fsp3) is 0.375. The van der Waals surface area contributed by atoms with E-state index in [-0.39, 0.29) is 12.1 Å². The van der Waals surface area contributed by atoms with Gasteiger partial charge in [-0.2, -0.15) is 0 Å². The fourth-order valence-corrected chi connectivity index (χ4v) is 3.80. The van der Waals surface area contributed by atoms with Crippen molar-refractivity contribution in [2.75, 3.05) is 6.54 Å². The second-order valence-corrected chi connectivity index (χ2v) is 6.74. The highest BCUT2D eigenvalue weighted by Crippen LogP contribution is 2.32. The summed E-state index contributed by atoms with van der Waals surface area (Å²) in [6.45, 7) is 6.09. The summed E-state index contributed by atoms with van der Waals surface area (Å²) in [4.78, 5) is 3.64. The van der Waals surface area contributed by atoms with Crippen LogP contribution in [0.1, 0.15) is 30.3 Å². The van der Waals surface area contributed by atoms with Crippen LogP contribution < -0.4 is 5.73 Å². The van der Waals surface area contributed by atoms with Crippen LogP contribution in [0.4, 0.5) is 0 Å². The lowest BCUT2D eigenvalue weighted by Crippen LogP contribution is -2.38. The summed E-state index contributed by atoms with van der Waals surface area (Å²) in [5.74, 6) is 0.